The number of ether oxygens (including phenoxy) is 1. The summed E-state index contributed by atoms with van der Waals surface area (Å²) < 4.78 is 5.24. The highest BCUT2D eigenvalue weighted by molar-refractivity contribution is 7.10. The number of hydrogen-bond acceptors (Lipinski definition) is 4. The smallest absolute Gasteiger partial charge is 0.411 e. The minimum Gasteiger partial charge on any atom is -0.480 e. The zero-order valence-corrected chi connectivity index (χ0v) is 9.49. The van der Waals surface area contributed by atoms with E-state index in [1.165, 1.54) is 16.2 Å². The Morgan fingerprint density at radius 2 is 2.50 bits per heavy atom. The maximum absolute atomic E-state index is 11.5. The lowest BCUT2D eigenvalue weighted by molar-refractivity contribution is -0.137. The molecule has 0 saturated carbocycles. The van der Waals surface area contributed by atoms with Gasteiger partial charge in [0.25, 0.3) is 0 Å². The number of carboxylic acids is 1. The van der Waals surface area contributed by atoms with Crippen molar-refractivity contribution >= 4 is 23.4 Å². The lowest BCUT2D eigenvalue weighted by Gasteiger charge is -2.19. The van der Waals surface area contributed by atoms with Gasteiger partial charge < -0.3 is 9.84 Å². The van der Waals surface area contributed by atoms with Crippen LogP contribution in [-0.2, 0) is 15.1 Å². The van der Waals surface area contributed by atoms with Crippen molar-refractivity contribution in [1.82, 2.24) is 4.90 Å². The number of nitrogens with zero attached hydrogens (tertiary/aromatic N) is 1. The van der Waals surface area contributed by atoms with Crippen LogP contribution in [0, 0.1) is 0 Å². The van der Waals surface area contributed by atoms with Crippen LogP contribution in [0.5, 0.6) is 0 Å². The summed E-state index contributed by atoms with van der Waals surface area (Å²) in [5.41, 5.74) is -0.722. The Balaban J connectivity index is 2.17. The fraction of sp³-hybridized carbons (Fsp3) is 0.400. The van der Waals surface area contributed by atoms with Crippen molar-refractivity contribution in [3.8, 4) is 0 Å². The number of cyclic esters (lactones) is 1. The first-order chi connectivity index (χ1) is 7.51. The van der Waals surface area contributed by atoms with E-state index in [4.69, 9.17) is 9.84 Å². The quantitative estimate of drug-likeness (QED) is 0.870. The van der Waals surface area contributed by atoms with E-state index >= 15 is 0 Å². The van der Waals surface area contributed by atoms with Gasteiger partial charge in [-0.3, -0.25) is 9.69 Å². The molecule has 1 unspecified atom stereocenters. The monoisotopic (exact) mass is 241 g/mol. The average Bonchev–Trinajstić information content (AvgIpc) is 2.75. The molecule has 0 radical (unpaired) electrons. The molecule has 1 amide bonds. The fourth-order valence-electron chi connectivity index (χ4n) is 1.71. The Morgan fingerprint density at radius 1 is 1.75 bits per heavy atom. The van der Waals surface area contributed by atoms with E-state index < -0.39 is 17.7 Å². The molecule has 1 aromatic heterocycles. The lowest BCUT2D eigenvalue weighted by Crippen LogP contribution is -2.32. The van der Waals surface area contributed by atoms with Crippen LogP contribution >= 0.6 is 11.3 Å². The van der Waals surface area contributed by atoms with Gasteiger partial charge in [-0.2, -0.15) is 0 Å². The van der Waals surface area contributed by atoms with Crippen molar-refractivity contribution in [2.75, 3.05) is 13.1 Å². The van der Waals surface area contributed by atoms with E-state index in [9.17, 15) is 9.59 Å². The summed E-state index contributed by atoms with van der Waals surface area (Å²) in [6, 6.07) is 3.75. The Labute approximate surface area is 96.2 Å². The molecule has 86 valence electrons. The molecule has 0 aliphatic carbocycles. The molecule has 1 fully saturated rings. The van der Waals surface area contributed by atoms with Crippen LogP contribution in [0.4, 0.5) is 4.79 Å². The molecule has 1 aliphatic rings. The Kier molecular flexibility index (Phi) is 2.59. The first-order valence-corrected chi connectivity index (χ1v) is 5.63. The summed E-state index contributed by atoms with van der Waals surface area (Å²) in [6.07, 6.45) is -0.571. The molecule has 1 atom stereocenters. The van der Waals surface area contributed by atoms with Crippen LogP contribution in [-0.4, -0.2) is 35.2 Å². The molecular formula is C10H11NO4S. The Bertz CT molecular complexity index is 416. The van der Waals surface area contributed by atoms with Gasteiger partial charge in [0.15, 0.2) is 5.60 Å². The molecule has 2 rings (SSSR count). The second-order valence-corrected chi connectivity index (χ2v) is 4.77. The van der Waals surface area contributed by atoms with Crippen LogP contribution in [0.2, 0.25) is 0 Å². The number of aliphatic carboxylic acids is 1. The molecule has 5 nitrogen and oxygen atoms in total. The largest absolute Gasteiger partial charge is 0.480 e. The predicted molar refractivity (Wildman–Crippen MR) is 57.4 cm³/mol. The Morgan fingerprint density at radius 3 is 3.06 bits per heavy atom. The molecule has 6 heteroatoms. The molecule has 0 bridgehead atoms. The van der Waals surface area contributed by atoms with Gasteiger partial charge in [-0.15, -0.1) is 11.3 Å². The molecule has 1 N–H and O–H groups in total. The number of carbonyl (C=O) groups excluding carboxylic acids is 1. The second-order valence-electron chi connectivity index (χ2n) is 3.83. The minimum absolute atomic E-state index is 0.276. The van der Waals surface area contributed by atoms with Crippen molar-refractivity contribution in [2.45, 2.75) is 12.5 Å². The van der Waals surface area contributed by atoms with Gasteiger partial charge >= 0.3 is 12.1 Å². The number of rotatable bonds is 3. The SMILES string of the molecule is CC1(c2cccs2)CN(CC(=O)O)C(=O)O1. The highest BCUT2D eigenvalue weighted by atomic mass is 32.1. The topological polar surface area (TPSA) is 66.8 Å². The summed E-state index contributed by atoms with van der Waals surface area (Å²) in [7, 11) is 0. The molecule has 1 saturated heterocycles. The van der Waals surface area contributed by atoms with Crippen molar-refractivity contribution in [3.63, 3.8) is 0 Å². The van der Waals surface area contributed by atoms with Gasteiger partial charge in [-0.25, -0.2) is 4.79 Å². The highest BCUT2D eigenvalue weighted by Crippen LogP contribution is 2.35. The van der Waals surface area contributed by atoms with Crippen molar-refractivity contribution in [3.05, 3.63) is 22.4 Å². The lowest BCUT2D eigenvalue weighted by atomic mass is 10.1. The number of hydrogen-bond donors (Lipinski definition) is 1. The zero-order chi connectivity index (χ0) is 11.8. The summed E-state index contributed by atoms with van der Waals surface area (Å²) in [4.78, 5) is 24.1. The summed E-state index contributed by atoms with van der Waals surface area (Å²) in [5.74, 6) is -1.03. The van der Waals surface area contributed by atoms with Gasteiger partial charge in [-0.05, 0) is 18.4 Å². The first-order valence-electron chi connectivity index (χ1n) is 4.75. The standard InChI is InChI=1S/C10H11NO4S/c1-10(7-3-2-4-16-7)6-11(5-8(12)13)9(14)15-10/h2-4H,5-6H2,1H3,(H,12,13). The minimum atomic E-state index is -1.03. The van der Waals surface area contributed by atoms with Gasteiger partial charge in [-0.1, -0.05) is 6.07 Å². The number of carbonyl (C=O) groups is 2. The van der Waals surface area contributed by atoms with E-state index in [-0.39, 0.29) is 13.1 Å². The van der Waals surface area contributed by atoms with Gasteiger partial charge in [0.1, 0.15) is 6.54 Å². The van der Waals surface area contributed by atoms with Crippen LogP contribution in [0.15, 0.2) is 17.5 Å². The van der Waals surface area contributed by atoms with E-state index in [1.54, 1.807) is 6.92 Å². The maximum Gasteiger partial charge on any atom is 0.411 e. The summed E-state index contributed by atoms with van der Waals surface area (Å²) in [5, 5.41) is 10.5. The number of thiophene rings is 1. The van der Waals surface area contributed by atoms with Crippen LogP contribution in [0.25, 0.3) is 0 Å². The highest BCUT2D eigenvalue weighted by Gasteiger charge is 2.43. The molecule has 0 aromatic carbocycles. The van der Waals surface area contributed by atoms with E-state index in [1.807, 2.05) is 17.5 Å². The first kappa shape index (κ1) is 10.9. The number of carboxylic acid groups (broad SMARTS) is 1. The van der Waals surface area contributed by atoms with Gasteiger partial charge in [0, 0.05) is 4.88 Å². The van der Waals surface area contributed by atoms with Crippen molar-refractivity contribution in [2.24, 2.45) is 0 Å². The second kappa shape index (κ2) is 3.79. The van der Waals surface area contributed by atoms with E-state index in [0.717, 1.165) is 4.88 Å². The Hall–Kier alpha value is -1.56. The van der Waals surface area contributed by atoms with Crippen molar-refractivity contribution < 1.29 is 19.4 Å². The molecular weight excluding hydrogens is 230 g/mol. The van der Waals surface area contributed by atoms with Crippen LogP contribution in [0.1, 0.15) is 11.8 Å². The third kappa shape index (κ3) is 1.88. The molecule has 1 aromatic rings. The third-order valence-corrected chi connectivity index (χ3v) is 3.55. The molecule has 16 heavy (non-hydrogen) atoms. The third-order valence-electron chi connectivity index (χ3n) is 2.43. The fourth-order valence-corrected chi connectivity index (χ4v) is 2.53. The van der Waals surface area contributed by atoms with Crippen LogP contribution < -0.4 is 0 Å². The predicted octanol–water partition coefficient (Wildman–Crippen LogP) is 1.50. The van der Waals surface area contributed by atoms with Crippen molar-refractivity contribution in [1.29, 1.82) is 0 Å². The van der Waals surface area contributed by atoms with Crippen LogP contribution in [0.3, 0.4) is 0 Å². The normalized spacial score (nSPS) is 24.6. The molecule has 1 aliphatic heterocycles. The molecule has 2 heterocycles. The maximum atomic E-state index is 11.5. The van der Waals surface area contributed by atoms with Gasteiger partial charge in [0.05, 0.1) is 6.54 Å². The van der Waals surface area contributed by atoms with E-state index in [2.05, 4.69) is 0 Å². The number of amides is 1. The van der Waals surface area contributed by atoms with E-state index in [0.29, 0.717) is 0 Å². The van der Waals surface area contributed by atoms with Gasteiger partial charge in [0.2, 0.25) is 0 Å². The molecule has 0 spiro atoms. The average molecular weight is 241 g/mol. The summed E-state index contributed by atoms with van der Waals surface area (Å²) >= 11 is 1.49. The summed E-state index contributed by atoms with van der Waals surface area (Å²) in [6.45, 7) is 1.75. The zero-order valence-electron chi connectivity index (χ0n) is 8.67.